The Hall–Kier alpha value is -3.05. The van der Waals surface area contributed by atoms with Crippen LogP contribution in [0.5, 0.6) is 0 Å². The highest BCUT2D eigenvalue weighted by Crippen LogP contribution is 2.33. The number of nitriles is 1. The molecule has 1 amide bonds. The Morgan fingerprint density at radius 3 is 2.55 bits per heavy atom. The lowest BCUT2D eigenvalue weighted by molar-refractivity contribution is -0.112. The van der Waals surface area contributed by atoms with Gasteiger partial charge in [0.05, 0.1) is 12.2 Å². The summed E-state index contributed by atoms with van der Waals surface area (Å²) >= 11 is 1.27. The monoisotopic (exact) mass is 415 g/mol. The SMILES string of the molecule is CCOC(=O)c1c(NC(=O)C(C#N)=Cc2ccc(N(CC)CC)o2)sc(C)c1C. The van der Waals surface area contributed by atoms with Gasteiger partial charge in [-0.25, -0.2) is 4.79 Å². The lowest BCUT2D eigenvalue weighted by atomic mass is 10.1. The molecule has 2 aromatic heterocycles. The maximum absolute atomic E-state index is 12.7. The number of aryl methyl sites for hydroxylation is 1. The van der Waals surface area contributed by atoms with E-state index in [4.69, 9.17) is 9.15 Å². The minimum atomic E-state index is -0.611. The molecule has 7 nitrogen and oxygen atoms in total. The van der Waals surface area contributed by atoms with Crippen molar-refractivity contribution >= 4 is 40.2 Å². The smallest absolute Gasteiger partial charge is 0.341 e. The maximum Gasteiger partial charge on any atom is 0.341 e. The number of amides is 1. The summed E-state index contributed by atoms with van der Waals surface area (Å²) in [5, 5.41) is 12.5. The number of anilines is 2. The van der Waals surface area contributed by atoms with E-state index in [9.17, 15) is 14.9 Å². The van der Waals surface area contributed by atoms with Crippen molar-refractivity contribution in [2.45, 2.75) is 34.6 Å². The van der Waals surface area contributed by atoms with Crippen LogP contribution in [0.25, 0.3) is 6.08 Å². The summed E-state index contributed by atoms with van der Waals surface area (Å²) in [4.78, 5) is 27.8. The molecule has 0 bridgehead atoms. The maximum atomic E-state index is 12.7. The Labute approximate surface area is 174 Å². The second-order valence-corrected chi connectivity index (χ2v) is 7.40. The summed E-state index contributed by atoms with van der Waals surface area (Å²) in [6.45, 7) is 11.2. The number of nitrogens with one attached hydrogen (secondary N) is 1. The molecule has 0 aliphatic carbocycles. The van der Waals surface area contributed by atoms with Crippen molar-refractivity contribution in [3.8, 4) is 6.07 Å². The van der Waals surface area contributed by atoms with E-state index in [1.807, 2.05) is 31.7 Å². The van der Waals surface area contributed by atoms with Crippen LogP contribution in [-0.4, -0.2) is 31.6 Å². The highest BCUT2D eigenvalue weighted by molar-refractivity contribution is 7.16. The van der Waals surface area contributed by atoms with Crippen molar-refractivity contribution < 1.29 is 18.7 Å². The van der Waals surface area contributed by atoms with Gasteiger partial charge in [0, 0.05) is 30.1 Å². The van der Waals surface area contributed by atoms with Crippen LogP contribution < -0.4 is 10.2 Å². The van der Waals surface area contributed by atoms with E-state index >= 15 is 0 Å². The standard InChI is InChI=1S/C21H25N3O4S/c1-6-24(7-2)17-10-9-16(28-17)11-15(12-22)19(25)23-20-18(21(26)27-8-3)13(4)14(5)29-20/h9-11H,6-8H2,1-5H3,(H,23,25). The van der Waals surface area contributed by atoms with Gasteiger partial charge in [0.1, 0.15) is 22.4 Å². The van der Waals surface area contributed by atoms with Crippen LogP contribution in [-0.2, 0) is 9.53 Å². The molecule has 1 N–H and O–H groups in total. The largest absolute Gasteiger partial charge is 0.462 e. The molecule has 0 saturated heterocycles. The molecule has 0 atom stereocenters. The van der Waals surface area contributed by atoms with Crippen LogP contribution >= 0.6 is 11.3 Å². The summed E-state index contributed by atoms with van der Waals surface area (Å²) < 4.78 is 10.8. The van der Waals surface area contributed by atoms with Gasteiger partial charge in [-0.3, -0.25) is 4.79 Å². The number of nitrogens with zero attached hydrogens (tertiary/aromatic N) is 2. The van der Waals surface area contributed by atoms with Crippen LogP contribution in [0.3, 0.4) is 0 Å². The van der Waals surface area contributed by atoms with E-state index < -0.39 is 11.9 Å². The average Bonchev–Trinajstić information content (AvgIpc) is 3.25. The molecule has 0 spiro atoms. The van der Waals surface area contributed by atoms with Crippen LogP contribution in [0, 0.1) is 25.2 Å². The van der Waals surface area contributed by atoms with Gasteiger partial charge in [-0.2, -0.15) is 5.26 Å². The lowest BCUT2D eigenvalue weighted by Crippen LogP contribution is -2.20. The molecular formula is C21H25N3O4S. The molecule has 0 unspecified atom stereocenters. The van der Waals surface area contributed by atoms with Gasteiger partial charge in [0.25, 0.3) is 5.91 Å². The third kappa shape index (κ3) is 5.06. The van der Waals surface area contributed by atoms with Crippen molar-refractivity contribution in [2.75, 3.05) is 29.9 Å². The minimum Gasteiger partial charge on any atom is -0.462 e. The second-order valence-electron chi connectivity index (χ2n) is 6.18. The number of hydrogen-bond acceptors (Lipinski definition) is 7. The summed E-state index contributed by atoms with van der Waals surface area (Å²) in [6.07, 6.45) is 1.39. The average molecular weight is 416 g/mol. The first-order valence-corrected chi connectivity index (χ1v) is 10.2. The zero-order chi connectivity index (χ0) is 21.6. The molecule has 0 aliphatic rings. The van der Waals surface area contributed by atoms with Gasteiger partial charge in [-0.15, -0.1) is 11.3 Å². The molecular weight excluding hydrogens is 390 g/mol. The fraction of sp³-hybridized carbons (Fsp3) is 0.381. The van der Waals surface area contributed by atoms with Crippen LogP contribution in [0.1, 0.15) is 47.3 Å². The molecule has 0 saturated carbocycles. The summed E-state index contributed by atoms with van der Waals surface area (Å²) in [6, 6.07) is 5.41. The first-order valence-electron chi connectivity index (χ1n) is 9.41. The van der Waals surface area contributed by atoms with E-state index in [1.165, 1.54) is 17.4 Å². The van der Waals surface area contributed by atoms with E-state index in [0.29, 0.717) is 22.2 Å². The highest BCUT2D eigenvalue weighted by atomic mass is 32.1. The molecule has 154 valence electrons. The Bertz CT molecular complexity index is 961. The lowest BCUT2D eigenvalue weighted by Gasteiger charge is -2.16. The fourth-order valence-corrected chi connectivity index (χ4v) is 3.79. The summed E-state index contributed by atoms with van der Waals surface area (Å²) in [7, 11) is 0. The Morgan fingerprint density at radius 1 is 1.28 bits per heavy atom. The van der Waals surface area contributed by atoms with Gasteiger partial charge in [0.15, 0.2) is 5.88 Å². The van der Waals surface area contributed by atoms with Crippen LogP contribution in [0.15, 0.2) is 22.1 Å². The van der Waals surface area contributed by atoms with Crippen molar-refractivity contribution in [3.63, 3.8) is 0 Å². The zero-order valence-corrected chi connectivity index (χ0v) is 18.1. The second kappa shape index (κ2) is 9.94. The first kappa shape index (κ1) is 22.2. The minimum absolute atomic E-state index is 0.121. The molecule has 2 heterocycles. The molecule has 0 aliphatic heterocycles. The molecule has 29 heavy (non-hydrogen) atoms. The van der Waals surface area contributed by atoms with Gasteiger partial charge in [0.2, 0.25) is 0 Å². The fourth-order valence-electron chi connectivity index (χ4n) is 2.75. The first-order chi connectivity index (χ1) is 13.9. The quantitative estimate of drug-likeness (QED) is 0.387. The van der Waals surface area contributed by atoms with Crippen LogP contribution in [0.4, 0.5) is 10.9 Å². The van der Waals surface area contributed by atoms with Crippen LogP contribution in [0.2, 0.25) is 0 Å². The topological polar surface area (TPSA) is 95.6 Å². The number of ether oxygens (including phenoxy) is 1. The van der Waals surface area contributed by atoms with Gasteiger partial charge in [-0.1, -0.05) is 0 Å². The number of carbonyl (C=O) groups excluding carboxylic acids is 2. The van der Waals surface area contributed by atoms with Gasteiger partial charge >= 0.3 is 5.97 Å². The Morgan fingerprint density at radius 2 is 1.97 bits per heavy atom. The third-order valence-corrected chi connectivity index (χ3v) is 5.55. The third-order valence-electron chi connectivity index (χ3n) is 4.43. The van der Waals surface area contributed by atoms with E-state index in [2.05, 4.69) is 5.32 Å². The number of carbonyl (C=O) groups is 2. The molecule has 0 aromatic carbocycles. The summed E-state index contributed by atoms with van der Waals surface area (Å²) in [5.74, 6) is -0.0297. The van der Waals surface area contributed by atoms with Crippen molar-refractivity contribution in [3.05, 3.63) is 39.5 Å². The van der Waals surface area contributed by atoms with Gasteiger partial charge in [-0.05, 0) is 46.2 Å². The van der Waals surface area contributed by atoms with Crippen molar-refractivity contribution in [1.82, 2.24) is 0 Å². The van der Waals surface area contributed by atoms with E-state index in [1.54, 1.807) is 26.0 Å². The Balaban J connectivity index is 2.28. The number of rotatable bonds is 8. The van der Waals surface area contributed by atoms with Crippen molar-refractivity contribution in [2.24, 2.45) is 0 Å². The molecule has 2 rings (SSSR count). The molecule has 2 aromatic rings. The van der Waals surface area contributed by atoms with Gasteiger partial charge < -0.3 is 19.4 Å². The number of furan rings is 1. The molecule has 8 heteroatoms. The summed E-state index contributed by atoms with van der Waals surface area (Å²) in [5.41, 5.74) is 0.951. The highest BCUT2D eigenvalue weighted by Gasteiger charge is 2.23. The zero-order valence-electron chi connectivity index (χ0n) is 17.3. The molecule has 0 fully saturated rings. The number of thiophene rings is 1. The normalized spacial score (nSPS) is 11.1. The van der Waals surface area contributed by atoms with Crippen molar-refractivity contribution in [1.29, 1.82) is 5.26 Å². The molecule has 0 radical (unpaired) electrons. The Kier molecular flexibility index (Phi) is 7.62. The van der Waals surface area contributed by atoms with E-state index in [0.717, 1.165) is 23.5 Å². The predicted octanol–water partition coefficient (Wildman–Crippen LogP) is 4.53. The predicted molar refractivity (Wildman–Crippen MR) is 114 cm³/mol. The number of esters is 1. The van der Waals surface area contributed by atoms with E-state index in [-0.39, 0.29) is 12.2 Å². The number of hydrogen-bond donors (Lipinski definition) is 1.